The zero-order valence-electron chi connectivity index (χ0n) is 17.7. The number of ether oxygens (including phenoxy) is 3. The van der Waals surface area contributed by atoms with Crippen LogP contribution in [0.2, 0.25) is 0 Å². The summed E-state index contributed by atoms with van der Waals surface area (Å²) in [6.45, 7) is 8.39. The van der Waals surface area contributed by atoms with Crippen molar-refractivity contribution in [2.24, 2.45) is 0 Å². The molecule has 0 saturated heterocycles. The molecule has 1 aliphatic rings. The van der Waals surface area contributed by atoms with Crippen molar-refractivity contribution < 1.29 is 14.2 Å². The minimum atomic E-state index is -0.443. The van der Waals surface area contributed by atoms with E-state index in [1.165, 1.54) is 16.7 Å². The van der Waals surface area contributed by atoms with Crippen LogP contribution in [-0.2, 0) is 16.8 Å². The molecule has 0 saturated carbocycles. The molecule has 0 aliphatic carbocycles. The highest BCUT2D eigenvalue weighted by molar-refractivity contribution is 5.53. The first-order chi connectivity index (χ1) is 13.7. The number of benzene rings is 2. The van der Waals surface area contributed by atoms with Crippen LogP contribution in [-0.4, -0.2) is 45.4 Å². The molecule has 0 spiro atoms. The zero-order valence-corrected chi connectivity index (χ0v) is 17.7. The summed E-state index contributed by atoms with van der Waals surface area (Å²) in [5.74, 6) is 1.55. The molecule has 3 rings (SSSR count). The second kappa shape index (κ2) is 9.44. The van der Waals surface area contributed by atoms with E-state index in [1.807, 2.05) is 0 Å². The van der Waals surface area contributed by atoms with Crippen molar-refractivity contribution >= 4 is 0 Å². The van der Waals surface area contributed by atoms with E-state index in [2.05, 4.69) is 61.2 Å². The Labute approximate surface area is 169 Å². The molecule has 1 unspecified atom stereocenters. The van der Waals surface area contributed by atoms with Crippen LogP contribution in [0.15, 0.2) is 42.5 Å². The van der Waals surface area contributed by atoms with Crippen molar-refractivity contribution in [3.63, 3.8) is 0 Å². The summed E-state index contributed by atoms with van der Waals surface area (Å²) in [7, 11) is 3.39. The summed E-state index contributed by atoms with van der Waals surface area (Å²) in [4.78, 5) is 2.47. The monoisotopic (exact) mass is 383 g/mol. The Morgan fingerprint density at radius 2 is 1.68 bits per heavy atom. The van der Waals surface area contributed by atoms with E-state index in [9.17, 15) is 0 Å². The Hall–Kier alpha value is -2.04. The summed E-state index contributed by atoms with van der Waals surface area (Å²) < 4.78 is 17.8. The lowest BCUT2D eigenvalue weighted by Crippen LogP contribution is -2.38. The van der Waals surface area contributed by atoms with Crippen molar-refractivity contribution in [2.75, 3.05) is 40.5 Å². The van der Waals surface area contributed by atoms with E-state index in [4.69, 9.17) is 14.2 Å². The van der Waals surface area contributed by atoms with Crippen LogP contribution < -0.4 is 9.47 Å². The maximum Gasteiger partial charge on any atom is 0.161 e. The van der Waals surface area contributed by atoms with Crippen LogP contribution in [0.4, 0.5) is 0 Å². The minimum absolute atomic E-state index is 0.443. The van der Waals surface area contributed by atoms with Crippen LogP contribution >= 0.6 is 0 Å². The van der Waals surface area contributed by atoms with Gasteiger partial charge in [0, 0.05) is 0 Å². The molecule has 1 heterocycles. The Morgan fingerprint density at radius 1 is 1.00 bits per heavy atom. The fraction of sp³-hybridized carbons (Fsp3) is 0.500. The highest BCUT2D eigenvalue weighted by atomic mass is 16.5. The largest absolute Gasteiger partial charge is 0.493 e. The number of methoxy groups -OCH3 is 2. The Bertz CT molecular complexity index is 758. The smallest absolute Gasteiger partial charge is 0.161 e. The van der Waals surface area contributed by atoms with Gasteiger partial charge in [-0.1, -0.05) is 44.2 Å². The lowest BCUT2D eigenvalue weighted by atomic mass is 9.77. The fourth-order valence-corrected chi connectivity index (χ4v) is 4.31. The molecule has 0 fully saturated rings. The van der Waals surface area contributed by atoms with E-state index in [-0.39, 0.29) is 0 Å². The molecule has 28 heavy (non-hydrogen) atoms. The summed E-state index contributed by atoms with van der Waals surface area (Å²) in [5, 5.41) is 0. The van der Waals surface area contributed by atoms with Crippen molar-refractivity contribution in [1.29, 1.82) is 0 Å². The maximum atomic E-state index is 6.59. The molecule has 4 nitrogen and oxygen atoms in total. The third kappa shape index (κ3) is 4.03. The van der Waals surface area contributed by atoms with E-state index in [1.54, 1.807) is 14.2 Å². The van der Waals surface area contributed by atoms with Gasteiger partial charge in [0.2, 0.25) is 0 Å². The molecule has 0 aromatic heterocycles. The lowest BCUT2D eigenvalue weighted by Gasteiger charge is -2.40. The van der Waals surface area contributed by atoms with E-state index < -0.39 is 5.60 Å². The topological polar surface area (TPSA) is 30.9 Å². The number of hydrogen-bond acceptors (Lipinski definition) is 4. The Kier molecular flexibility index (Phi) is 6.97. The molecule has 2 aromatic carbocycles. The first-order valence-electron chi connectivity index (χ1n) is 10.4. The van der Waals surface area contributed by atoms with Crippen LogP contribution in [0.25, 0.3) is 0 Å². The van der Waals surface area contributed by atoms with Gasteiger partial charge in [0.25, 0.3) is 0 Å². The van der Waals surface area contributed by atoms with Crippen LogP contribution in [0.1, 0.15) is 43.4 Å². The molecule has 152 valence electrons. The van der Waals surface area contributed by atoms with E-state index >= 15 is 0 Å². The Balaban J connectivity index is 2.03. The second-order valence-electron chi connectivity index (χ2n) is 7.29. The van der Waals surface area contributed by atoms with Gasteiger partial charge in [0.15, 0.2) is 11.5 Å². The van der Waals surface area contributed by atoms with Gasteiger partial charge in [0.05, 0.1) is 20.8 Å². The molecule has 2 aromatic rings. The van der Waals surface area contributed by atoms with Crippen molar-refractivity contribution in [2.45, 2.75) is 38.7 Å². The highest BCUT2D eigenvalue weighted by Gasteiger charge is 2.40. The quantitative estimate of drug-likeness (QED) is 0.631. The summed E-state index contributed by atoms with van der Waals surface area (Å²) in [6, 6.07) is 14.9. The van der Waals surface area contributed by atoms with E-state index in [0.29, 0.717) is 6.61 Å². The minimum Gasteiger partial charge on any atom is -0.493 e. The van der Waals surface area contributed by atoms with Crippen molar-refractivity contribution in [3.05, 3.63) is 59.2 Å². The molecule has 4 heteroatoms. The molecular weight excluding hydrogens is 350 g/mol. The van der Waals surface area contributed by atoms with Gasteiger partial charge in [0.1, 0.15) is 5.60 Å². The van der Waals surface area contributed by atoms with E-state index in [0.717, 1.165) is 50.4 Å². The number of fused-ring (bicyclic) bond motifs is 1. The molecule has 0 bridgehead atoms. The molecule has 0 radical (unpaired) electrons. The molecule has 1 atom stereocenters. The predicted octanol–water partition coefficient (Wildman–Crippen LogP) is 4.64. The number of hydrogen-bond donors (Lipinski definition) is 0. The molecule has 0 N–H and O–H groups in total. The van der Waals surface area contributed by atoms with Crippen LogP contribution in [0.3, 0.4) is 0 Å². The van der Waals surface area contributed by atoms with Gasteiger partial charge in [-0.15, -0.1) is 0 Å². The zero-order chi connectivity index (χ0) is 20.0. The average Bonchev–Trinajstić information content (AvgIpc) is 2.76. The number of rotatable bonds is 9. The second-order valence-corrected chi connectivity index (χ2v) is 7.29. The van der Waals surface area contributed by atoms with Gasteiger partial charge in [-0.3, -0.25) is 0 Å². The standard InChI is InChI=1S/C24H33NO3/c1-5-25(6-2)15-10-14-24(20-11-8-7-9-12-20)21-18-23(27-4)22(26-3)17-19(21)13-16-28-24/h7-9,11-12,17-18H,5-6,10,13-16H2,1-4H3. The molecular formula is C24H33NO3. The number of nitrogens with zero attached hydrogens (tertiary/aromatic N) is 1. The van der Waals surface area contributed by atoms with Gasteiger partial charge in [-0.25, -0.2) is 0 Å². The van der Waals surface area contributed by atoms with Crippen LogP contribution in [0, 0.1) is 0 Å². The first-order valence-corrected chi connectivity index (χ1v) is 10.4. The maximum absolute atomic E-state index is 6.59. The van der Waals surface area contributed by atoms with Gasteiger partial charge in [-0.05, 0) is 67.7 Å². The third-order valence-electron chi connectivity index (χ3n) is 5.90. The van der Waals surface area contributed by atoms with Crippen LogP contribution in [0.5, 0.6) is 11.5 Å². The highest BCUT2D eigenvalue weighted by Crippen LogP contribution is 2.46. The van der Waals surface area contributed by atoms with Gasteiger partial charge >= 0.3 is 0 Å². The SMILES string of the molecule is CCN(CC)CCCC1(c2ccccc2)OCCc2cc(OC)c(OC)cc21. The summed E-state index contributed by atoms with van der Waals surface area (Å²) in [6.07, 6.45) is 2.90. The summed E-state index contributed by atoms with van der Waals surface area (Å²) in [5.41, 5.74) is 3.27. The normalized spacial score (nSPS) is 18.8. The van der Waals surface area contributed by atoms with Crippen molar-refractivity contribution in [1.82, 2.24) is 4.90 Å². The molecule has 0 amide bonds. The fourth-order valence-electron chi connectivity index (χ4n) is 4.31. The van der Waals surface area contributed by atoms with Crippen molar-refractivity contribution in [3.8, 4) is 11.5 Å². The van der Waals surface area contributed by atoms with Gasteiger partial charge < -0.3 is 19.1 Å². The lowest BCUT2D eigenvalue weighted by molar-refractivity contribution is -0.0373. The van der Waals surface area contributed by atoms with Gasteiger partial charge in [-0.2, -0.15) is 0 Å². The summed E-state index contributed by atoms with van der Waals surface area (Å²) >= 11 is 0. The molecule has 1 aliphatic heterocycles. The first kappa shape index (κ1) is 20.7. The predicted molar refractivity (Wildman–Crippen MR) is 113 cm³/mol. The average molecular weight is 384 g/mol. The third-order valence-corrected chi connectivity index (χ3v) is 5.90. The Morgan fingerprint density at radius 3 is 2.32 bits per heavy atom.